The summed E-state index contributed by atoms with van der Waals surface area (Å²) in [5.74, 6) is 0.183. The number of rotatable bonds is 5. The first-order chi connectivity index (χ1) is 18.7. The van der Waals surface area contributed by atoms with E-state index in [1.807, 2.05) is 36.4 Å². The quantitative estimate of drug-likeness (QED) is 0.410. The maximum Gasteiger partial charge on any atom is 0.244 e. The van der Waals surface area contributed by atoms with Crippen molar-refractivity contribution < 1.29 is 9.59 Å². The highest BCUT2D eigenvalue weighted by Crippen LogP contribution is 2.51. The summed E-state index contributed by atoms with van der Waals surface area (Å²) in [5, 5.41) is 6.97. The molecule has 2 N–H and O–H groups in total. The number of fused-ring (bicyclic) bond motifs is 3. The van der Waals surface area contributed by atoms with Crippen LogP contribution in [-0.2, 0) is 9.59 Å². The highest BCUT2D eigenvalue weighted by Gasteiger charge is 2.48. The van der Waals surface area contributed by atoms with Crippen LogP contribution in [0.4, 0.5) is 5.69 Å². The normalized spacial score (nSPS) is 26.3. The Hall–Kier alpha value is -3.86. The number of nitrogens with one attached hydrogen (secondary N) is 2. The highest BCUT2D eigenvalue weighted by molar-refractivity contribution is 5.92. The van der Waals surface area contributed by atoms with E-state index in [9.17, 15) is 9.59 Å². The third kappa shape index (κ3) is 4.85. The van der Waals surface area contributed by atoms with Crippen molar-refractivity contribution in [3.8, 4) is 0 Å². The molecule has 6 rings (SSSR count). The predicted molar refractivity (Wildman–Crippen MR) is 151 cm³/mol. The van der Waals surface area contributed by atoms with Crippen molar-refractivity contribution in [2.24, 2.45) is 11.8 Å². The molecule has 1 saturated heterocycles. The van der Waals surface area contributed by atoms with Gasteiger partial charge in [0, 0.05) is 30.3 Å². The number of carbonyl (C=O) groups is 2. The maximum atomic E-state index is 14.2. The summed E-state index contributed by atoms with van der Waals surface area (Å²) in [6.45, 7) is 0.749. The summed E-state index contributed by atoms with van der Waals surface area (Å²) >= 11 is 0. The van der Waals surface area contributed by atoms with Crippen LogP contribution in [0.5, 0.6) is 0 Å². The van der Waals surface area contributed by atoms with Gasteiger partial charge in [0.2, 0.25) is 11.8 Å². The van der Waals surface area contributed by atoms with E-state index in [4.69, 9.17) is 0 Å². The smallest absolute Gasteiger partial charge is 0.244 e. The summed E-state index contributed by atoms with van der Waals surface area (Å²) in [6, 6.07) is 28.9. The van der Waals surface area contributed by atoms with Gasteiger partial charge < -0.3 is 15.5 Å². The molecule has 5 heteroatoms. The lowest BCUT2D eigenvalue weighted by Crippen LogP contribution is -2.49. The standard InChI is InChI=1S/C33H35N3O2/c37-30(20-19-23-11-3-1-4-12-23)34-29-18-10-8-16-26(29)33(38)36-22-21-27-31(24-13-5-2-6-14-24)35-28-17-9-7-15-25(28)32(27)36/h1-7,9,11-15,17,19-20,26-27,29,31-32,35H,8,10,16,18,21-22H2,(H,34,37)/b20-19+/t26-,27+,29+,31-,32-/m0/s1. The van der Waals surface area contributed by atoms with Crippen LogP contribution >= 0.6 is 0 Å². The molecule has 5 atom stereocenters. The van der Waals surface area contributed by atoms with E-state index in [0.717, 1.165) is 49.9 Å². The molecule has 3 aliphatic rings. The van der Waals surface area contributed by atoms with Crippen LogP contribution in [0, 0.1) is 11.8 Å². The van der Waals surface area contributed by atoms with E-state index in [-0.39, 0.29) is 35.9 Å². The van der Waals surface area contributed by atoms with Crippen LogP contribution in [0.1, 0.15) is 60.9 Å². The van der Waals surface area contributed by atoms with Gasteiger partial charge in [0.1, 0.15) is 0 Å². The lowest BCUT2D eigenvalue weighted by atomic mass is 9.79. The molecule has 2 amide bonds. The first-order valence-electron chi connectivity index (χ1n) is 13.9. The van der Waals surface area contributed by atoms with Crippen LogP contribution in [0.15, 0.2) is 91.0 Å². The number of likely N-dealkylation sites (tertiary alicyclic amines) is 1. The van der Waals surface area contributed by atoms with Crippen molar-refractivity contribution >= 4 is 23.6 Å². The van der Waals surface area contributed by atoms with Crippen LogP contribution in [0.25, 0.3) is 6.08 Å². The van der Waals surface area contributed by atoms with Gasteiger partial charge >= 0.3 is 0 Å². The van der Waals surface area contributed by atoms with Gasteiger partial charge in [-0.1, -0.05) is 91.7 Å². The molecule has 194 valence electrons. The van der Waals surface area contributed by atoms with Gasteiger partial charge in [-0.3, -0.25) is 9.59 Å². The average molecular weight is 506 g/mol. The van der Waals surface area contributed by atoms with Crippen LogP contribution < -0.4 is 10.6 Å². The van der Waals surface area contributed by atoms with E-state index < -0.39 is 0 Å². The molecule has 5 nitrogen and oxygen atoms in total. The van der Waals surface area contributed by atoms with E-state index >= 15 is 0 Å². The van der Waals surface area contributed by atoms with E-state index in [2.05, 4.69) is 70.1 Å². The van der Waals surface area contributed by atoms with Crippen LogP contribution in [0.2, 0.25) is 0 Å². The second-order valence-corrected chi connectivity index (χ2v) is 10.8. The predicted octanol–water partition coefficient (Wildman–Crippen LogP) is 6.13. The third-order valence-corrected chi connectivity index (χ3v) is 8.54. The van der Waals surface area contributed by atoms with E-state index in [1.54, 1.807) is 6.08 Å². The number of carbonyl (C=O) groups excluding carboxylic acids is 2. The van der Waals surface area contributed by atoms with Crippen molar-refractivity contribution in [3.63, 3.8) is 0 Å². The zero-order valence-electron chi connectivity index (χ0n) is 21.6. The SMILES string of the molecule is O=C(/C=C/c1ccccc1)N[C@@H]1CCCC[C@@H]1C(=O)N1CC[C@@H]2[C@H](c3ccccc3)Nc3ccccc3[C@@H]21. The largest absolute Gasteiger partial charge is 0.378 e. The first-order valence-corrected chi connectivity index (χ1v) is 13.9. The molecular formula is C33H35N3O2. The molecule has 2 aliphatic heterocycles. The van der Waals surface area contributed by atoms with Gasteiger partial charge in [0.05, 0.1) is 18.0 Å². The van der Waals surface area contributed by atoms with Crippen LogP contribution in [0.3, 0.4) is 0 Å². The topological polar surface area (TPSA) is 61.4 Å². The van der Waals surface area contributed by atoms with Crippen LogP contribution in [-0.4, -0.2) is 29.3 Å². The van der Waals surface area contributed by atoms with Gasteiger partial charge in [0.15, 0.2) is 0 Å². The number of hydrogen-bond donors (Lipinski definition) is 2. The molecule has 0 spiro atoms. The van der Waals surface area contributed by atoms with E-state index in [0.29, 0.717) is 5.92 Å². The molecule has 0 bridgehead atoms. The van der Waals surface area contributed by atoms with Gasteiger partial charge in [-0.2, -0.15) is 0 Å². The zero-order chi connectivity index (χ0) is 25.9. The molecule has 1 saturated carbocycles. The average Bonchev–Trinajstić information content (AvgIpc) is 3.42. The minimum atomic E-state index is -0.186. The molecule has 0 aromatic heterocycles. The van der Waals surface area contributed by atoms with Crippen molar-refractivity contribution in [1.82, 2.24) is 10.2 Å². The minimum absolute atomic E-state index is 0.0430. The Labute approximate surface area is 224 Å². The van der Waals surface area contributed by atoms with Crippen molar-refractivity contribution in [2.45, 2.75) is 50.2 Å². The Morgan fingerprint density at radius 3 is 2.37 bits per heavy atom. The first kappa shape index (κ1) is 24.5. The molecule has 2 fully saturated rings. The Balaban J connectivity index is 1.23. The van der Waals surface area contributed by atoms with Gasteiger partial charge in [0.25, 0.3) is 0 Å². The summed E-state index contributed by atoms with van der Waals surface area (Å²) in [6.07, 6.45) is 8.10. The third-order valence-electron chi connectivity index (χ3n) is 8.54. The van der Waals surface area contributed by atoms with Gasteiger partial charge in [-0.15, -0.1) is 0 Å². The molecule has 3 aromatic carbocycles. The number of hydrogen-bond acceptors (Lipinski definition) is 3. The van der Waals surface area contributed by atoms with Gasteiger partial charge in [-0.25, -0.2) is 0 Å². The summed E-state index contributed by atoms with van der Waals surface area (Å²) in [4.78, 5) is 29.2. The lowest BCUT2D eigenvalue weighted by Gasteiger charge is -2.42. The minimum Gasteiger partial charge on any atom is -0.378 e. The fourth-order valence-electron chi connectivity index (χ4n) is 6.74. The number of para-hydroxylation sites is 1. The second-order valence-electron chi connectivity index (χ2n) is 10.8. The Bertz CT molecular complexity index is 1310. The highest BCUT2D eigenvalue weighted by atomic mass is 16.2. The zero-order valence-corrected chi connectivity index (χ0v) is 21.6. The summed E-state index contributed by atoms with van der Waals surface area (Å²) < 4.78 is 0. The summed E-state index contributed by atoms with van der Waals surface area (Å²) in [5.41, 5.74) is 4.57. The Morgan fingerprint density at radius 2 is 1.55 bits per heavy atom. The Kier molecular flexibility index (Phi) is 7.00. The fraction of sp³-hybridized carbons (Fsp3) is 0.333. The monoisotopic (exact) mass is 505 g/mol. The van der Waals surface area contributed by atoms with E-state index in [1.165, 1.54) is 11.1 Å². The Morgan fingerprint density at radius 1 is 0.842 bits per heavy atom. The lowest BCUT2D eigenvalue weighted by molar-refractivity contribution is -0.139. The number of benzene rings is 3. The fourth-order valence-corrected chi connectivity index (χ4v) is 6.74. The molecule has 0 unspecified atom stereocenters. The molecule has 3 aromatic rings. The van der Waals surface area contributed by atoms with Crippen molar-refractivity contribution in [3.05, 3.63) is 108 Å². The number of amides is 2. The molecule has 0 radical (unpaired) electrons. The van der Waals surface area contributed by atoms with Crippen molar-refractivity contribution in [2.75, 3.05) is 11.9 Å². The number of anilines is 1. The summed E-state index contributed by atoms with van der Waals surface area (Å²) in [7, 11) is 0. The van der Waals surface area contributed by atoms with Crippen molar-refractivity contribution in [1.29, 1.82) is 0 Å². The molecule has 1 aliphatic carbocycles. The van der Waals surface area contributed by atoms with Gasteiger partial charge in [-0.05, 0) is 48.1 Å². The maximum absolute atomic E-state index is 14.2. The molecule has 38 heavy (non-hydrogen) atoms. The number of nitrogens with zero attached hydrogens (tertiary/aromatic N) is 1. The molecule has 2 heterocycles. The second kappa shape index (κ2) is 10.9. The molecular weight excluding hydrogens is 470 g/mol.